The number of hydrogen-bond acceptors (Lipinski definition) is 5. The summed E-state index contributed by atoms with van der Waals surface area (Å²) in [4.78, 5) is 15.2. The van der Waals surface area contributed by atoms with Crippen LogP contribution in [0.4, 0.5) is 23.4 Å². The molecule has 1 fully saturated rings. The predicted octanol–water partition coefficient (Wildman–Crippen LogP) is 2.41. The number of anilines is 1. The van der Waals surface area contributed by atoms with Crippen molar-refractivity contribution in [3.8, 4) is 0 Å². The highest BCUT2D eigenvalue weighted by Gasteiger charge is 2.21. The van der Waals surface area contributed by atoms with Crippen LogP contribution in [0, 0.1) is 11.6 Å². The molecule has 1 aliphatic heterocycles. The lowest BCUT2D eigenvalue weighted by Crippen LogP contribution is -2.46. The molecule has 5 nitrogen and oxygen atoms in total. The fourth-order valence-corrected chi connectivity index (χ4v) is 2.56. The fourth-order valence-electron chi connectivity index (χ4n) is 2.56. The maximum Gasteiger partial charge on any atom is 0.280 e. The summed E-state index contributed by atoms with van der Waals surface area (Å²) in [6.45, 7) is 2.57. The molecule has 128 valence electrons. The first kappa shape index (κ1) is 16.6. The average molecular weight is 341 g/mol. The second-order valence-corrected chi connectivity index (χ2v) is 5.45. The van der Waals surface area contributed by atoms with Crippen LogP contribution in [0.2, 0.25) is 0 Å². The first-order chi connectivity index (χ1) is 11.5. The van der Waals surface area contributed by atoms with Crippen molar-refractivity contribution in [2.75, 3.05) is 31.1 Å². The van der Waals surface area contributed by atoms with Gasteiger partial charge < -0.3 is 4.90 Å². The Kier molecular flexibility index (Phi) is 4.89. The standard InChI is InChI=1S/C15H15F4N5/c16-10-5-11(17)13(20-7-10)8-23-1-3-24(4-2-23)14-6-12(15(18)19)21-9-22-14/h5-7,9,15H,1-4,8H2. The van der Waals surface area contributed by atoms with Gasteiger partial charge in [0.25, 0.3) is 6.43 Å². The summed E-state index contributed by atoms with van der Waals surface area (Å²) in [5.41, 5.74) is -0.119. The molecule has 1 aliphatic rings. The third-order valence-corrected chi connectivity index (χ3v) is 3.85. The van der Waals surface area contributed by atoms with Gasteiger partial charge in [-0.1, -0.05) is 0 Å². The van der Waals surface area contributed by atoms with E-state index in [1.807, 2.05) is 9.80 Å². The Bertz CT molecular complexity index is 704. The minimum Gasteiger partial charge on any atom is -0.354 e. The molecule has 24 heavy (non-hydrogen) atoms. The molecule has 3 rings (SSSR count). The molecule has 0 spiro atoms. The van der Waals surface area contributed by atoms with Crippen LogP contribution >= 0.6 is 0 Å². The van der Waals surface area contributed by atoms with Crippen molar-refractivity contribution in [3.63, 3.8) is 0 Å². The average Bonchev–Trinajstić information content (AvgIpc) is 2.58. The molecule has 1 saturated heterocycles. The van der Waals surface area contributed by atoms with Gasteiger partial charge in [0.2, 0.25) is 0 Å². The molecule has 0 amide bonds. The first-order valence-electron chi connectivity index (χ1n) is 7.40. The van der Waals surface area contributed by atoms with Crippen molar-refractivity contribution in [2.24, 2.45) is 0 Å². The zero-order valence-corrected chi connectivity index (χ0v) is 12.7. The monoisotopic (exact) mass is 341 g/mol. The van der Waals surface area contributed by atoms with Crippen molar-refractivity contribution >= 4 is 5.82 Å². The number of halogens is 4. The lowest BCUT2D eigenvalue weighted by Gasteiger charge is -2.35. The van der Waals surface area contributed by atoms with Crippen LogP contribution in [0.15, 0.2) is 24.7 Å². The van der Waals surface area contributed by atoms with Gasteiger partial charge in [0, 0.05) is 44.9 Å². The summed E-state index contributed by atoms with van der Waals surface area (Å²) in [7, 11) is 0. The van der Waals surface area contributed by atoms with E-state index in [9.17, 15) is 17.6 Å². The third kappa shape index (κ3) is 3.78. The van der Waals surface area contributed by atoms with Gasteiger partial charge >= 0.3 is 0 Å². The molecule has 0 radical (unpaired) electrons. The number of aromatic nitrogens is 3. The Labute approximate surface area is 136 Å². The minimum absolute atomic E-state index is 0.187. The largest absolute Gasteiger partial charge is 0.354 e. The minimum atomic E-state index is -2.64. The Morgan fingerprint density at radius 1 is 1.00 bits per heavy atom. The molecule has 0 N–H and O–H groups in total. The highest BCUT2D eigenvalue weighted by molar-refractivity contribution is 5.39. The van der Waals surface area contributed by atoms with Crippen LogP contribution in [-0.4, -0.2) is 46.0 Å². The van der Waals surface area contributed by atoms with E-state index in [0.717, 1.165) is 18.6 Å². The molecule has 3 heterocycles. The lowest BCUT2D eigenvalue weighted by molar-refractivity contribution is 0.146. The second kappa shape index (κ2) is 7.08. The lowest BCUT2D eigenvalue weighted by atomic mass is 10.2. The molecule has 0 unspecified atom stereocenters. The quantitative estimate of drug-likeness (QED) is 0.799. The zero-order chi connectivity index (χ0) is 17.1. The van der Waals surface area contributed by atoms with Crippen LogP contribution in [0.5, 0.6) is 0 Å². The Balaban J connectivity index is 1.60. The number of pyridine rings is 1. The van der Waals surface area contributed by atoms with E-state index >= 15 is 0 Å². The molecule has 2 aromatic heterocycles. The van der Waals surface area contributed by atoms with E-state index in [1.54, 1.807) is 0 Å². The first-order valence-corrected chi connectivity index (χ1v) is 7.40. The van der Waals surface area contributed by atoms with Crippen LogP contribution in [0.25, 0.3) is 0 Å². The fraction of sp³-hybridized carbons (Fsp3) is 0.400. The van der Waals surface area contributed by atoms with Crippen molar-refractivity contribution in [1.82, 2.24) is 19.9 Å². The van der Waals surface area contributed by atoms with E-state index in [4.69, 9.17) is 0 Å². The van der Waals surface area contributed by atoms with Crippen molar-refractivity contribution < 1.29 is 17.6 Å². The topological polar surface area (TPSA) is 45.2 Å². The molecule has 0 bridgehead atoms. The van der Waals surface area contributed by atoms with Crippen LogP contribution in [-0.2, 0) is 6.54 Å². The molecule has 0 saturated carbocycles. The number of rotatable bonds is 4. The maximum absolute atomic E-state index is 13.6. The third-order valence-electron chi connectivity index (χ3n) is 3.85. The summed E-state index contributed by atoms with van der Waals surface area (Å²) < 4.78 is 51.9. The molecule has 0 atom stereocenters. The van der Waals surface area contributed by atoms with Gasteiger partial charge in [0.1, 0.15) is 29.5 Å². The molecule has 0 aliphatic carbocycles. The van der Waals surface area contributed by atoms with Gasteiger partial charge in [-0.2, -0.15) is 0 Å². The molecular formula is C15H15F4N5. The molecular weight excluding hydrogens is 326 g/mol. The van der Waals surface area contributed by atoms with E-state index in [1.165, 1.54) is 6.07 Å². The van der Waals surface area contributed by atoms with E-state index in [-0.39, 0.29) is 17.9 Å². The zero-order valence-electron chi connectivity index (χ0n) is 12.7. The normalized spacial score (nSPS) is 16.0. The number of piperazine rings is 1. The van der Waals surface area contributed by atoms with Crippen LogP contribution in [0.1, 0.15) is 17.8 Å². The van der Waals surface area contributed by atoms with Gasteiger partial charge in [0.05, 0.1) is 11.9 Å². The maximum atomic E-state index is 13.6. The van der Waals surface area contributed by atoms with Gasteiger partial charge in [-0.05, 0) is 0 Å². The van der Waals surface area contributed by atoms with Gasteiger partial charge in [-0.15, -0.1) is 0 Å². The summed E-state index contributed by atoms with van der Waals surface area (Å²) in [5.74, 6) is -0.930. The summed E-state index contributed by atoms with van der Waals surface area (Å²) in [6, 6.07) is 2.09. The van der Waals surface area contributed by atoms with Crippen molar-refractivity contribution in [1.29, 1.82) is 0 Å². The summed E-state index contributed by atoms with van der Waals surface area (Å²) >= 11 is 0. The highest BCUT2D eigenvalue weighted by Crippen LogP contribution is 2.21. The van der Waals surface area contributed by atoms with Crippen molar-refractivity contribution in [3.05, 3.63) is 47.7 Å². The Hall–Kier alpha value is -2.29. The van der Waals surface area contributed by atoms with Gasteiger partial charge in [-0.3, -0.25) is 9.88 Å². The summed E-state index contributed by atoms with van der Waals surface area (Å²) in [5, 5.41) is 0. The molecule has 0 aromatic carbocycles. The SMILES string of the molecule is Fc1cnc(CN2CCN(c3cc(C(F)F)ncn3)CC2)c(F)c1. The molecule has 9 heteroatoms. The Morgan fingerprint density at radius 2 is 1.75 bits per heavy atom. The summed E-state index contributed by atoms with van der Waals surface area (Å²) in [6.07, 6.45) is -0.525. The van der Waals surface area contributed by atoms with E-state index in [2.05, 4.69) is 15.0 Å². The second-order valence-electron chi connectivity index (χ2n) is 5.45. The van der Waals surface area contributed by atoms with Gasteiger partial charge in [-0.25, -0.2) is 27.5 Å². The van der Waals surface area contributed by atoms with Gasteiger partial charge in [0.15, 0.2) is 0 Å². The van der Waals surface area contributed by atoms with Crippen molar-refractivity contribution in [2.45, 2.75) is 13.0 Å². The highest BCUT2D eigenvalue weighted by atomic mass is 19.3. The number of hydrogen-bond donors (Lipinski definition) is 0. The van der Waals surface area contributed by atoms with Crippen LogP contribution < -0.4 is 4.90 Å². The number of nitrogens with zero attached hydrogens (tertiary/aromatic N) is 5. The predicted molar refractivity (Wildman–Crippen MR) is 78.6 cm³/mol. The van der Waals surface area contributed by atoms with E-state index < -0.39 is 18.1 Å². The molecule has 2 aromatic rings. The number of alkyl halides is 2. The van der Waals surface area contributed by atoms with E-state index in [0.29, 0.717) is 32.0 Å². The smallest absolute Gasteiger partial charge is 0.280 e. The Morgan fingerprint density at radius 3 is 2.42 bits per heavy atom. The van der Waals surface area contributed by atoms with Crippen LogP contribution in [0.3, 0.4) is 0 Å².